The minimum atomic E-state index is -0.172. The van der Waals surface area contributed by atoms with Crippen molar-refractivity contribution in [2.75, 3.05) is 20.2 Å². The van der Waals surface area contributed by atoms with Gasteiger partial charge in [0.05, 0.1) is 18.9 Å². The van der Waals surface area contributed by atoms with Crippen LogP contribution in [-0.4, -0.2) is 41.3 Å². The first-order chi connectivity index (χ1) is 9.74. The summed E-state index contributed by atoms with van der Waals surface area (Å²) in [5.74, 6) is 0.858. The molecule has 0 saturated carbocycles. The first-order valence-corrected chi connectivity index (χ1v) is 7.62. The Labute approximate surface area is 122 Å². The molecule has 1 aromatic carbocycles. The summed E-state index contributed by atoms with van der Waals surface area (Å²) < 4.78 is 5.16. The van der Waals surface area contributed by atoms with Crippen molar-refractivity contribution in [1.82, 2.24) is 9.88 Å². The summed E-state index contributed by atoms with van der Waals surface area (Å²) >= 11 is 1.66. The van der Waals surface area contributed by atoms with Gasteiger partial charge in [-0.3, -0.25) is 4.90 Å². The Morgan fingerprint density at radius 2 is 2.20 bits per heavy atom. The number of aliphatic hydroxyl groups is 1. The summed E-state index contributed by atoms with van der Waals surface area (Å²) in [6.07, 6.45) is 0.699. The highest BCUT2D eigenvalue weighted by atomic mass is 32.1. The van der Waals surface area contributed by atoms with Crippen LogP contribution in [0.15, 0.2) is 29.6 Å². The van der Waals surface area contributed by atoms with Gasteiger partial charge in [0, 0.05) is 30.6 Å². The average molecular weight is 290 g/mol. The summed E-state index contributed by atoms with van der Waals surface area (Å²) in [4.78, 5) is 6.93. The molecule has 3 rings (SSSR count). The highest BCUT2D eigenvalue weighted by Gasteiger charge is 2.20. The van der Waals surface area contributed by atoms with Crippen LogP contribution in [0, 0.1) is 0 Å². The summed E-state index contributed by atoms with van der Waals surface area (Å²) in [5.41, 5.74) is 2.19. The molecule has 1 N–H and O–H groups in total. The zero-order valence-corrected chi connectivity index (χ0v) is 12.3. The maximum absolute atomic E-state index is 9.54. The topological polar surface area (TPSA) is 45.6 Å². The van der Waals surface area contributed by atoms with E-state index in [1.165, 1.54) is 0 Å². The zero-order chi connectivity index (χ0) is 13.9. The van der Waals surface area contributed by atoms with Gasteiger partial charge in [-0.15, -0.1) is 11.3 Å². The molecule has 1 aliphatic rings. The lowest BCUT2D eigenvalue weighted by Gasteiger charge is -2.12. The van der Waals surface area contributed by atoms with Crippen LogP contribution in [0.2, 0.25) is 0 Å². The molecule has 2 aromatic rings. The molecule has 1 aliphatic heterocycles. The van der Waals surface area contributed by atoms with E-state index in [2.05, 4.69) is 15.3 Å². The molecule has 1 aromatic heterocycles. The Morgan fingerprint density at radius 1 is 1.40 bits per heavy atom. The number of β-amino-alcohol motifs (C(OH)–C–C–N with tert-alkyl or cyclic N) is 1. The summed E-state index contributed by atoms with van der Waals surface area (Å²) in [6, 6.07) is 7.96. The SMILES string of the molecule is COc1ccc(-c2nc(CN3CC[C@H](O)C3)cs2)cc1. The van der Waals surface area contributed by atoms with E-state index in [-0.39, 0.29) is 6.10 Å². The molecule has 1 atom stereocenters. The summed E-state index contributed by atoms with van der Waals surface area (Å²) in [6.45, 7) is 2.54. The van der Waals surface area contributed by atoms with E-state index in [1.807, 2.05) is 24.3 Å². The van der Waals surface area contributed by atoms with Crippen LogP contribution in [0.1, 0.15) is 12.1 Å². The highest BCUT2D eigenvalue weighted by molar-refractivity contribution is 7.13. The fourth-order valence-corrected chi connectivity index (χ4v) is 3.25. The quantitative estimate of drug-likeness (QED) is 0.939. The van der Waals surface area contributed by atoms with Gasteiger partial charge in [0.1, 0.15) is 10.8 Å². The van der Waals surface area contributed by atoms with Gasteiger partial charge in [-0.25, -0.2) is 4.98 Å². The number of thiazole rings is 1. The van der Waals surface area contributed by atoms with Crippen molar-refractivity contribution in [1.29, 1.82) is 0 Å². The van der Waals surface area contributed by atoms with Crippen LogP contribution >= 0.6 is 11.3 Å². The Kier molecular flexibility index (Phi) is 4.00. The van der Waals surface area contributed by atoms with Gasteiger partial charge in [0.2, 0.25) is 0 Å². The normalized spacial score (nSPS) is 19.4. The van der Waals surface area contributed by atoms with E-state index < -0.39 is 0 Å². The van der Waals surface area contributed by atoms with Gasteiger partial charge in [-0.2, -0.15) is 0 Å². The molecule has 0 amide bonds. The molecule has 1 saturated heterocycles. The number of nitrogens with zero attached hydrogens (tertiary/aromatic N) is 2. The molecule has 5 heteroatoms. The number of ether oxygens (including phenoxy) is 1. The molecule has 1 fully saturated rings. The third kappa shape index (κ3) is 3.00. The average Bonchev–Trinajstić information content (AvgIpc) is 3.09. The largest absolute Gasteiger partial charge is 0.497 e. The van der Waals surface area contributed by atoms with Gasteiger partial charge in [-0.1, -0.05) is 0 Å². The highest BCUT2D eigenvalue weighted by Crippen LogP contribution is 2.26. The van der Waals surface area contributed by atoms with E-state index in [9.17, 15) is 5.11 Å². The van der Waals surface area contributed by atoms with Crippen molar-refractivity contribution >= 4 is 11.3 Å². The molecule has 0 bridgehead atoms. The number of rotatable bonds is 4. The van der Waals surface area contributed by atoms with Crippen molar-refractivity contribution in [2.45, 2.75) is 19.1 Å². The van der Waals surface area contributed by atoms with E-state index in [0.29, 0.717) is 0 Å². The smallest absolute Gasteiger partial charge is 0.123 e. The van der Waals surface area contributed by atoms with Gasteiger partial charge in [0.15, 0.2) is 0 Å². The Morgan fingerprint density at radius 3 is 2.85 bits per heavy atom. The van der Waals surface area contributed by atoms with Crippen molar-refractivity contribution in [3.8, 4) is 16.3 Å². The Balaban J connectivity index is 1.69. The number of methoxy groups -OCH3 is 1. The molecule has 0 radical (unpaired) electrons. The van der Waals surface area contributed by atoms with Crippen LogP contribution in [-0.2, 0) is 6.54 Å². The second-order valence-electron chi connectivity index (χ2n) is 5.05. The molecule has 20 heavy (non-hydrogen) atoms. The van der Waals surface area contributed by atoms with Crippen molar-refractivity contribution in [3.05, 3.63) is 35.3 Å². The fraction of sp³-hybridized carbons (Fsp3) is 0.400. The predicted molar refractivity (Wildman–Crippen MR) is 80.0 cm³/mol. The molecule has 106 valence electrons. The molecular weight excluding hydrogens is 272 g/mol. The van der Waals surface area contributed by atoms with E-state index in [1.54, 1.807) is 18.4 Å². The molecule has 4 nitrogen and oxygen atoms in total. The number of hydrogen-bond acceptors (Lipinski definition) is 5. The van der Waals surface area contributed by atoms with Crippen LogP contribution in [0.25, 0.3) is 10.6 Å². The molecular formula is C15H18N2O2S. The minimum absolute atomic E-state index is 0.172. The predicted octanol–water partition coefficient (Wildman–Crippen LogP) is 2.39. The zero-order valence-electron chi connectivity index (χ0n) is 11.5. The summed E-state index contributed by atoms with van der Waals surface area (Å²) in [5, 5.41) is 12.7. The van der Waals surface area contributed by atoms with Crippen LogP contribution in [0.3, 0.4) is 0 Å². The lowest BCUT2D eigenvalue weighted by Crippen LogP contribution is -2.21. The maximum Gasteiger partial charge on any atom is 0.123 e. The van der Waals surface area contributed by atoms with Crippen LogP contribution in [0.4, 0.5) is 0 Å². The number of aromatic nitrogens is 1. The molecule has 0 aliphatic carbocycles. The van der Waals surface area contributed by atoms with Crippen LogP contribution < -0.4 is 4.74 Å². The third-order valence-electron chi connectivity index (χ3n) is 3.52. The Hall–Kier alpha value is -1.43. The number of hydrogen-bond donors (Lipinski definition) is 1. The first kappa shape index (κ1) is 13.5. The fourth-order valence-electron chi connectivity index (χ4n) is 2.43. The lowest BCUT2D eigenvalue weighted by molar-refractivity contribution is 0.174. The van der Waals surface area contributed by atoms with E-state index >= 15 is 0 Å². The second-order valence-corrected chi connectivity index (χ2v) is 5.91. The van der Waals surface area contributed by atoms with Crippen LogP contribution in [0.5, 0.6) is 5.75 Å². The number of likely N-dealkylation sites (tertiary alicyclic amines) is 1. The van der Waals surface area contributed by atoms with Gasteiger partial charge in [0.25, 0.3) is 0 Å². The Bertz CT molecular complexity index is 568. The lowest BCUT2D eigenvalue weighted by atomic mass is 10.2. The first-order valence-electron chi connectivity index (χ1n) is 6.74. The second kappa shape index (κ2) is 5.91. The van der Waals surface area contributed by atoms with Gasteiger partial charge in [-0.05, 0) is 30.7 Å². The minimum Gasteiger partial charge on any atom is -0.497 e. The van der Waals surface area contributed by atoms with E-state index in [0.717, 1.165) is 48.1 Å². The molecule has 0 unspecified atom stereocenters. The van der Waals surface area contributed by atoms with Gasteiger partial charge < -0.3 is 9.84 Å². The number of benzene rings is 1. The monoisotopic (exact) mass is 290 g/mol. The van der Waals surface area contributed by atoms with Crippen molar-refractivity contribution < 1.29 is 9.84 Å². The third-order valence-corrected chi connectivity index (χ3v) is 4.46. The molecule has 0 spiro atoms. The standard InChI is InChI=1S/C15H18N2O2S/c1-19-14-4-2-11(3-5-14)15-16-12(10-20-15)8-17-7-6-13(18)9-17/h2-5,10,13,18H,6-9H2,1H3/t13-/m0/s1. The number of aliphatic hydroxyl groups excluding tert-OH is 1. The maximum atomic E-state index is 9.54. The molecule has 2 heterocycles. The summed E-state index contributed by atoms with van der Waals surface area (Å²) in [7, 11) is 1.67. The van der Waals surface area contributed by atoms with Crippen molar-refractivity contribution in [3.63, 3.8) is 0 Å². The van der Waals surface area contributed by atoms with Gasteiger partial charge >= 0.3 is 0 Å². The van der Waals surface area contributed by atoms with E-state index in [4.69, 9.17) is 4.74 Å². The van der Waals surface area contributed by atoms with Crippen molar-refractivity contribution in [2.24, 2.45) is 0 Å².